The number of carbonyl (C=O) groups is 2. The van der Waals surface area contributed by atoms with Crippen molar-refractivity contribution in [1.29, 1.82) is 0 Å². The number of anilines is 1. The molecule has 5 rings (SSSR count). The number of aryl methyl sites for hydroxylation is 2. The Balaban J connectivity index is 1.34. The van der Waals surface area contributed by atoms with Gasteiger partial charge in [-0.25, -0.2) is 9.18 Å². The van der Waals surface area contributed by atoms with E-state index < -0.39 is 5.97 Å². The number of amides is 1. The number of carbonyl (C=O) groups excluding carboxylic acids is 1. The number of benzene rings is 4. The summed E-state index contributed by atoms with van der Waals surface area (Å²) >= 11 is 0. The van der Waals surface area contributed by atoms with E-state index in [1.165, 1.54) is 6.07 Å². The Kier molecular flexibility index (Phi) is 7.46. The highest BCUT2D eigenvalue weighted by Gasteiger charge is 2.21. The fraction of sp³-hybridized carbons (Fsp3) is 0.212. The maximum Gasteiger partial charge on any atom is 0.335 e. The first-order valence-corrected chi connectivity index (χ1v) is 13.2. The fourth-order valence-electron chi connectivity index (χ4n) is 5.16. The van der Waals surface area contributed by atoms with Gasteiger partial charge in [0.25, 0.3) is 5.91 Å². The lowest BCUT2D eigenvalue weighted by atomic mass is 9.95. The molecule has 0 aliphatic carbocycles. The number of halogens is 1. The van der Waals surface area contributed by atoms with Gasteiger partial charge in [0.15, 0.2) is 0 Å². The summed E-state index contributed by atoms with van der Waals surface area (Å²) in [5, 5.41) is 12.2. The summed E-state index contributed by atoms with van der Waals surface area (Å²) in [6.07, 6.45) is 1.87. The molecule has 4 aromatic rings. The molecule has 1 heterocycles. The second-order valence-corrected chi connectivity index (χ2v) is 10.1. The maximum atomic E-state index is 14.0. The first-order chi connectivity index (χ1) is 18.8. The second kappa shape index (κ2) is 11.1. The minimum absolute atomic E-state index is 0.182. The number of hydrogen-bond acceptors (Lipinski definition) is 3. The Morgan fingerprint density at radius 1 is 0.974 bits per heavy atom. The lowest BCUT2D eigenvalue weighted by Gasteiger charge is -2.32. The zero-order chi connectivity index (χ0) is 27.5. The van der Waals surface area contributed by atoms with E-state index in [1.54, 1.807) is 25.1 Å². The van der Waals surface area contributed by atoms with Crippen molar-refractivity contribution in [3.63, 3.8) is 0 Å². The predicted octanol–water partition coefficient (Wildman–Crippen LogP) is 6.94. The number of carboxylic acids is 1. The Bertz CT molecular complexity index is 1530. The third-order valence-electron chi connectivity index (χ3n) is 7.42. The van der Waals surface area contributed by atoms with E-state index in [9.17, 15) is 19.1 Å². The van der Waals surface area contributed by atoms with E-state index in [2.05, 4.69) is 22.3 Å². The molecule has 1 amide bonds. The molecule has 39 heavy (non-hydrogen) atoms. The van der Waals surface area contributed by atoms with Gasteiger partial charge in [0.05, 0.1) is 11.6 Å². The minimum Gasteiger partial charge on any atom is -0.478 e. The van der Waals surface area contributed by atoms with Crippen molar-refractivity contribution >= 4 is 17.6 Å². The van der Waals surface area contributed by atoms with Crippen LogP contribution in [-0.2, 0) is 13.0 Å². The van der Waals surface area contributed by atoms with Crippen LogP contribution in [0.3, 0.4) is 0 Å². The van der Waals surface area contributed by atoms with Crippen LogP contribution in [0.1, 0.15) is 62.4 Å². The predicted molar refractivity (Wildman–Crippen MR) is 152 cm³/mol. The van der Waals surface area contributed by atoms with E-state index in [0.717, 1.165) is 52.9 Å². The largest absolute Gasteiger partial charge is 0.478 e. The van der Waals surface area contributed by atoms with Crippen molar-refractivity contribution in [1.82, 2.24) is 5.32 Å². The molecule has 198 valence electrons. The quantitative estimate of drug-likeness (QED) is 0.276. The summed E-state index contributed by atoms with van der Waals surface area (Å²) in [6.45, 7) is 5.18. The maximum absolute atomic E-state index is 14.0. The van der Waals surface area contributed by atoms with Crippen LogP contribution in [0.4, 0.5) is 10.1 Å². The Morgan fingerprint density at radius 3 is 2.46 bits per heavy atom. The summed E-state index contributed by atoms with van der Waals surface area (Å²) in [7, 11) is 0. The summed E-state index contributed by atoms with van der Waals surface area (Å²) in [5.41, 5.74) is 7.60. The van der Waals surface area contributed by atoms with Crippen molar-refractivity contribution in [3.8, 4) is 11.1 Å². The highest BCUT2D eigenvalue weighted by molar-refractivity contribution is 5.95. The molecule has 0 saturated carbocycles. The summed E-state index contributed by atoms with van der Waals surface area (Å²) in [4.78, 5) is 26.6. The Hall–Kier alpha value is -4.45. The van der Waals surface area contributed by atoms with E-state index in [4.69, 9.17) is 0 Å². The molecule has 4 aromatic carbocycles. The Morgan fingerprint density at radius 2 is 1.72 bits per heavy atom. The van der Waals surface area contributed by atoms with Crippen LogP contribution in [0.2, 0.25) is 0 Å². The van der Waals surface area contributed by atoms with Gasteiger partial charge in [0.1, 0.15) is 5.82 Å². The van der Waals surface area contributed by atoms with Crippen molar-refractivity contribution < 1.29 is 19.1 Å². The number of nitrogens with zero attached hydrogens (tertiary/aromatic N) is 1. The lowest BCUT2D eigenvalue weighted by molar-refractivity contribution is 0.0696. The molecule has 5 nitrogen and oxygen atoms in total. The standard InChI is InChI=1S/C33H31FN2O3/c1-21-9-10-25(19-30(21)34)22(2)35-32(37)27-15-16-31-26(18-27)7-5-17-36(31)20-28-6-3-4-8-29(28)23-11-13-24(14-12-23)33(38)39/h3-4,6,8-16,18-19,22H,5,7,17,20H2,1-2H3,(H,35,37)(H,38,39)/t22-/m0/s1. The molecule has 0 radical (unpaired) electrons. The summed E-state index contributed by atoms with van der Waals surface area (Å²) in [6, 6.07) is 25.7. The molecule has 1 aliphatic heterocycles. The molecule has 2 N–H and O–H groups in total. The molecule has 0 bridgehead atoms. The van der Waals surface area contributed by atoms with Gasteiger partial charge in [0.2, 0.25) is 0 Å². The lowest BCUT2D eigenvalue weighted by Crippen LogP contribution is -2.30. The van der Waals surface area contributed by atoms with Gasteiger partial charge >= 0.3 is 5.97 Å². The van der Waals surface area contributed by atoms with Gasteiger partial charge in [-0.15, -0.1) is 0 Å². The molecule has 1 atom stereocenters. The zero-order valence-corrected chi connectivity index (χ0v) is 22.1. The number of fused-ring (bicyclic) bond motifs is 1. The number of nitrogens with one attached hydrogen (secondary N) is 1. The molecule has 0 unspecified atom stereocenters. The molecule has 0 aromatic heterocycles. The third kappa shape index (κ3) is 5.70. The minimum atomic E-state index is -0.939. The Labute approximate surface area is 227 Å². The van der Waals surface area contributed by atoms with E-state index >= 15 is 0 Å². The SMILES string of the molecule is Cc1ccc([C@H](C)NC(=O)c2ccc3c(c2)CCCN3Cc2ccccc2-c2ccc(C(=O)O)cc2)cc1F. The summed E-state index contributed by atoms with van der Waals surface area (Å²) < 4.78 is 14.0. The zero-order valence-electron chi connectivity index (χ0n) is 22.1. The van der Waals surface area contributed by atoms with Crippen LogP contribution in [0.5, 0.6) is 0 Å². The molecule has 6 heteroatoms. The first-order valence-electron chi connectivity index (χ1n) is 13.2. The van der Waals surface area contributed by atoms with E-state index in [-0.39, 0.29) is 23.3 Å². The summed E-state index contributed by atoms with van der Waals surface area (Å²) in [5.74, 6) is -1.40. The van der Waals surface area contributed by atoms with Crippen LogP contribution in [0.15, 0.2) is 84.9 Å². The van der Waals surface area contributed by atoms with Gasteiger partial charge < -0.3 is 15.3 Å². The third-order valence-corrected chi connectivity index (χ3v) is 7.42. The average molecular weight is 523 g/mol. The topological polar surface area (TPSA) is 69.6 Å². The second-order valence-electron chi connectivity index (χ2n) is 10.1. The van der Waals surface area contributed by atoms with E-state index in [1.807, 2.05) is 55.5 Å². The van der Waals surface area contributed by atoms with Crippen LogP contribution in [0, 0.1) is 12.7 Å². The number of carboxylic acid groups (broad SMARTS) is 1. The van der Waals surface area contributed by atoms with Crippen LogP contribution in [-0.4, -0.2) is 23.5 Å². The molecule has 0 fully saturated rings. The van der Waals surface area contributed by atoms with Gasteiger partial charge in [-0.05, 0) is 96.5 Å². The number of hydrogen-bond donors (Lipinski definition) is 2. The van der Waals surface area contributed by atoms with Crippen LogP contribution >= 0.6 is 0 Å². The fourth-order valence-corrected chi connectivity index (χ4v) is 5.16. The van der Waals surface area contributed by atoms with Crippen molar-refractivity contribution in [3.05, 3.63) is 124 Å². The van der Waals surface area contributed by atoms with Crippen molar-refractivity contribution in [2.45, 2.75) is 39.3 Å². The van der Waals surface area contributed by atoms with Crippen LogP contribution in [0.25, 0.3) is 11.1 Å². The van der Waals surface area contributed by atoms with Crippen LogP contribution < -0.4 is 10.2 Å². The normalized spacial score (nSPS) is 13.5. The molecule has 0 saturated heterocycles. The number of aromatic carboxylic acids is 1. The molecule has 1 aliphatic rings. The van der Waals surface area contributed by atoms with Gasteiger partial charge in [-0.2, -0.15) is 0 Å². The highest BCUT2D eigenvalue weighted by Crippen LogP contribution is 2.32. The number of rotatable bonds is 7. The van der Waals surface area contributed by atoms with Crippen molar-refractivity contribution in [2.24, 2.45) is 0 Å². The molecular weight excluding hydrogens is 491 g/mol. The van der Waals surface area contributed by atoms with Gasteiger partial charge in [-0.1, -0.05) is 48.5 Å². The monoisotopic (exact) mass is 522 g/mol. The van der Waals surface area contributed by atoms with E-state index in [0.29, 0.717) is 17.7 Å². The molecule has 0 spiro atoms. The van der Waals surface area contributed by atoms with Gasteiger partial charge in [0, 0.05) is 24.3 Å². The van der Waals surface area contributed by atoms with Crippen molar-refractivity contribution in [2.75, 3.05) is 11.4 Å². The first kappa shape index (κ1) is 26.2. The molecular formula is C33H31FN2O3. The highest BCUT2D eigenvalue weighted by atomic mass is 19.1. The smallest absolute Gasteiger partial charge is 0.335 e. The van der Waals surface area contributed by atoms with Gasteiger partial charge in [-0.3, -0.25) is 4.79 Å². The average Bonchev–Trinajstić information content (AvgIpc) is 2.94.